The van der Waals surface area contributed by atoms with Crippen LogP contribution in [0.15, 0.2) is 35.4 Å². The molecule has 1 aromatic carbocycles. The number of hydrazone groups is 1. The number of hydrogen-bond acceptors (Lipinski definition) is 4. The van der Waals surface area contributed by atoms with Crippen LogP contribution in [0.4, 0.5) is 4.79 Å². The molecule has 1 aliphatic heterocycles. The second-order valence-corrected chi connectivity index (χ2v) is 6.93. The van der Waals surface area contributed by atoms with Crippen molar-refractivity contribution >= 4 is 17.7 Å². The first-order chi connectivity index (χ1) is 11.2. The van der Waals surface area contributed by atoms with Crippen molar-refractivity contribution in [3.8, 4) is 0 Å². The van der Waals surface area contributed by atoms with Crippen LogP contribution < -0.4 is 0 Å². The van der Waals surface area contributed by atoms with Gasteiger partial charge in [-0.3, -0.25) is 4.79 Å². The molecule has 6 heteroatoms. The zero-order valence-electron chi connectivity index (χ0n) is 14.8. The van der Waals surface area contributed by atoms with Gasteiger partial charge in [0, 0.05) is 13.6 Å². The van der Waals surface area contributed by atoms with Crippen molar-refractivity contribution in [1.29, 1.82) is 0 Å². The molecule has 0 bridgehead atoms. The SMILES string of the molecule is CN(CC1=NN(CCc2ccccc2)C(=O)C1)C(=O)OC(C)(C)C. The summed E-state index contributed by atoms with van der Waals surface area (Å²) in [5, 5.41) is 5.85. The minimum absolute atomic E-state index is 0.0291. The molecule has 130 valence electrons. The molecule has 0 aliphatic carbocycles. The molecule has 0 radical (unpaired) electrons. The average Bonchev–Trinajstić information content (AvgIpc) is 2.84. The van der Waals surface area contributed by atoms with Gasteiger partial charge in [-0.05, 0) is 32.8 Å². The number of amides is 2. The van der Waals surface area contributed by atoms with E-state index >= 15 is 0 Å². The van der Waals surface area contributed by atoms with E-state index in [0.29, 0.717) is 18.8 Å². The minimum Gasteiger partial charge on any atom is -0.444 e. The Morgan fingerprint density at radius 1 is 1.29 bits per heavy atom. The van der Waals surface area contributed by atoms with E-state index in [1.807, 2.05) is 51.1 Å². The van der Waals surface area contributed by atoms with E-state index in [-0.39, 0.29) is 12.3 Å². The van der Waals surface area contributed by atoms with Crippen molar-refractivity contribution < 1.29 is 14.3 Å². The largest absolute Gasteiger partial charge is 0.444 e. The van der Waals surface area contributed by atoms with E-state index in [9.17, 15) is 9.59 Å². The average molecular weight is 331 g/mol. The first-order valence-corrected chi connectivity index (χ1v) is 8.09. The highest BCUT2D eigenvalue weighted by Crippen LogP contribution is 2.13. The molecule has 2 rings (SSSR count). The highest BCUT2D eigenvalue weighted by molar-refractivity contribution is 6.06. The predicted molar refractivity (Wildman–Crippen MR) is 92.8 cm³/mol. The van der Waals surface area contributed by atoms with Crippen LogP contribution in [0.25, 0.3) is 0 Å². The first kappa shape index (κ1) is 18.0. The standard InChI is InChI=1S/C18H25N3O3/c1-18(2,3)24-17(23)20(4)13-15-12-16(22)21(19-15)11-10-14-8-6-5-7-9-14/h5-9H,10-13H2,1-4H3. The Balaban J connectivity index is 1.88. The van der Waals surface area contributed by atoms with Crippen LogP contribution in [0.5, 0.6) is 0 Å². The Morgan fingerprint density at radius 2 is 1.96 bits per heavy atom. The van der Waals surface area contributed by atoms with E-state index in [4.69, 9.17) is 4.74 Å². The number of carbonyl (C=O) groups excluding carboxylic acids is 2. The van der Waals surface area contributed by atoms with Crippen LogP contribution in [0.3, 0.4) is 0 Å². The lowest BCUT2D eigenvalue weighted by Crippen LogP contribution is -2.37. The van der Waals surface area contributed by atoms with Crippen molar-refractivity contribution in [2.24, 2.45) is 5.10 Å². The van der Waals surface area contributed by atoms with E-state index in [1.165, 1.54) is 15.5 Å². The first-order valence-electron chi connectivity index (χ1n) is 8.09. The summed E-state index contributed by atoms with van der Waals surface area (Å²) in [7, 11) is 1.65. The van der Waals surface area contributed by atoms with Crippen molar-refractivity contribution in [2.45, 2.75) is 39.2 Å². The second kappa shape index (κ2) is 7.47. The maximum Gasteiger partial charge on any atom is 0.410 e. The van der Waals surface area contributed by atoms with Crippen molar-refractivity contribution in [2.75, 3.05) is 20.1 Å². The molecule has 0 fully saturated rings. The summed E-state index contributed by atoms with van der Waals surface area (Å²) in [6, 6.07) is 9.98. The molecule has 1 heterocycles. The third-order valence-corrected chi connectivity index (χ3v) is 3.49. The van der Waals surface area contributed by atoms with Crippen LogP contribution >= 0.6 is 0 Å². The molecule has 6 nitrogen and oxygen atoms in total. The fourth-order valence-corrected chi connectivity index (χ4v) is 2.35. The number of ether oxygens (including phenoxy) is 1. The quantitative estimate of drug-likeness (QED) is 0.833. The van der Waals surface area contributed by atoms with Gasteiger partial charge in [0.25, 0.3) is 0 Å². The van der Waals surface area contributed by atoms with Crippen LogP contribution in [0.1, 0.15) is 32.8 Å². The van der Waals surface area contributed by atoms with Crippen molar-refractivity contribution in [3.63, 3.8) is 0 Å². The van der Waals surface area contributed by atoms with E-state index in [0.717, 1.165) is 6.42 Å². The molecular weight excluding hydrogens is 306 g/mol. The number of carbonyl (C=O) groups is 2. The summed E-state index contributed by atoms with van der Waals surface area (Å²) in [4.78, 5) is 25.5. The van der Waals surface area contributed by atoms with Crippen molar-refractivity contribution in [1.82, 2.24) is 9.91 Å². The highest BCUT2D eigenvalue weighted by atomic mass is 16.6. The zero-order valence-corrected chi connectivity index (χ0v) is 14.8. The zero-order chi connectivity index (χ0) is 17.7. The number of nitrogens with zero attached hydrogens (tertiary/aromatic N) is 3. The molecular formula is C18H25N3O3. The van der Waals surface area contributed by atoms with E-state index in [1.54, 1.807) is 7.05 Å². The maximum absolute atomic E-state index is 12.1. The summed E-state index contributed by atoms with van der Waals surface area (Å²) in [6.07, 6.45) is 0.591. The summed E-state index contributed by atoms with van der Waals surface area (Å²) in [6.45, 7) is 6.30. The molecule has 0 N–H and O–H groups in total. The minimum atomic E-state index is -0.541. The number of rotatable bonds is 5. The molecule has 0 aromatic heterocycles. The van der Waals surface area contributed by atoms with Gasteiger partial charge in [-0.2, -0.15) is 5.10 Å². The van der Waals surface area contributed by atoms with Gasteiger partial charge in [-0.15, -0.1) is 0 Å². The number of benzene rings is 1. The van der Waals surface area contributed by atoms with Crippen LogP contribution in [0.2, 0.25) is 0 Å². The summed E-state index contributed by atoms with van der Waals surface area (Å²) >= 11 is 0. The summed E-state index contributed by atoms with van der Waals surface area (Å²) < 4.78 is 5.30. The monoisotopic (exact) mass is 331 g/mol. The molecule has 2 amide bonds. The van der Waals surface area contributed by atoms with Gasteiger partial charge in [0.2, 0.25) is 5.91 Å². The fourth-order valence-electron chi connectivity index (χ4n) is 2.35. The van der Waals surface area contributed by atoms with Gasteiger partial charge < -0.3 is 9.64 Å². The van der Waals surface area contributed by atoms with Gasteiger partial charge in [-0.25, -0.2) is 9.80 Å². The Bertz CT molecular complexity index is 620. The molecule has 0 spiro atoms. The van der Waals surface area contributed by atoms with E-state index in [2.05, 4.69) is 5.10 Å². The highest BCUT2D eigenvalue weighted by Gasteiger charge is 2.26. The lowest BCUT2D eigenvalue weighted by molar-refractivity contribution is -0.128. The van der Waals surface area contributed by atoms with Crippen LogP contribution in [-0.2, 0) is 16.0 Å². The van der Waals surface area contributed by atoms with Crippen LogP contribution in [-0.4, -0.2) is 53.4 Å². The molecule has 1 aromatic rings. The topological polar surface area (TPSA) is 62.2 Å². The number of hydrogen-bond donors (Lipinski definition) is 0. The smallest absolute Gasteiger partial charge is 0.410 e. The third-order valence-electron chi connectivity index (χ3n) is 3.49. The molecule has 0 saturated heterocycles. The second-order valence-electron chi connectivity index (χ2n) is 6.93. The van der Waals surface area contributed by atoms with Gasteiger partial charge in [0.1, 0.15) is 5.60 Å². The van der Waals surface area contributed by atoms with Crippen molar-refractivity contribution in [3.05, 3.63) is 35.9 Å². The van der Waals surface area contributed by atoms with Gasteiger partial charge in [-0.1, -0.05) is 30.3 Å². The normalized spacial score (nSPS) is 14.6. The maximum atomic E-state index is 12.1. The van der Waals surface area contributed by atoms with E-state index < -0.39 is 11.7 Å². The molecule has 0 atom stereocenters. The third kappa shape index (κ3) is 5.37. The summed E-state index contributed by atoms with van der Waals surface area (Å²) in [5.74, 6) is -0.0291. The predicted octanol–water partition coefficient (Wildman–Crippen LogP) is 2.68. The fraction of sp³-hybridized carbons (Fsp3) is 0.500. The lowest BCUT2D eigenvalue weighted by Gasteiger charge is -2.24. The summed E-state index contributed by atoms with van der Waals surface area (Å²) in [5.41, 5.74) is 1.31. The Hall–Kier alpha value is -2.37. The molecule has 0 saturated carbocycles. The molecule has 0 unspecified atom stereocenters. The molecule has 1 aliphatic rings. The Morgan fingerprint density at radius 3 is 2.58 bits per heavy atom. The lowest BCUT2D eigenvalue weighted by atomic mass is 10.1. The van der Waals surface area contributed by atoms with Gasteiger partial charge >= 0.3 is 6.09 Å². The van der Waals surface area contributed by atoms with Gasteiger partial charge in [0.05, 0.1) is 18.7 Å². The Labute approximate surface area is 143 Å². The van der Waals surface area contributed by atoms with Crippen LogP contribution in [0, 0.1) is 0 Å². The Kier molecular flexibility index (Phi) is 5.59. The van der Waals surface area contributed by atoms with Gasteiger partial charge in [0.15, 0.2) is 0 Å². The molecule has 24 heavy (non-hydrogen) atoms.